The summed E-state index contributed by atoms with van der Waals surface area (Å²) in [5.41, 5.74) is 0.934. The van der Waals surface area contributed by atoms with Crippen molar-refractivity contribution in [2.75, 3.05) is 20.8 Å². The van der Waals surface area contributed by atoms with Gasteiger partial charge in [-0.05, 0) is 79.9 Å². The first-order valence-electron chi connectivity index (χ1n) is 17.0. The number of aromatic nitrogens is 2. The second-order valence-corrected chi connectivity index (χ2v) is 14.5. The van der Waals surface area contributed by atoms with Gasteiger partial charge in [-0.25, -0.2) is 19.6 Å². The Morgan fingerprint density at radius 3 is 2.52 bits per heavy atom. The summed E-state index contributed by atoms with van der Waals surface area (Å²) in [4.78, 5) is 51.9. The Morgan fingerprint density at radius 1 is 1.10 bits per heavy atom. The molecule has 1 N–H and O–H groups in total. The third-order valence-corrected chi connectivity index (χ3v) is 10.4. The summed E-state index contributed by atoms with van der Waals surface area (Å²) in [6, 6.07) is 3.43. The lowest BCUT2D eigenvalue weighted by molar-refractivity contribution is -0.153. The van der Waals surface area contributed by atoms with Crippen molar-refractivity contribution in [1.82, 2.24) is 20.2 Å². The summed E-state index contributed by atoms with van der Waals surface area (Å²) in [7, 11) is 2.87. The average molecular weight is 663 g/mol. The van der Waals surface area contributed by atoms with E-state index in [0.717, 1.165) is 32.1 Å². The van der Waals surface area contributed by atoms with Crippen molar-refractivity contribution < 1.29 is 33.3 Å². The number of benzene rings is 1. The van der Waals surface area contributed by atoms with Crippen LogP contribution in [-0.2, 0) is 19.1 Å². The molecule has 260 valence electrons. The molecule has 2 aliphatic carbocycles. The van der Waals surface area contributed by atoms with Gasteiger partial charge in [0, 0.05) is 12.0 Å². The number of methoxy groups -OCH3 is 2. The Balaban J connectivity index is 1.36. The molecule has 2 bridgehead atoms. The summed E-state index contributed by atoms with van der Waals surface area (Å²) < 4.78 is 23.0. The number of nitrogens with one attached hydrogen (secondary N) is 1. The second-order valence-electron chi connectivity index (χ2n) is 14.5. The Kier molecular flexibility index (Phi) is 10.7. The molecule has 2 heterocycles. The van der Waals surface area contributed by atoms with Crippen LogP contribution in [0.3, 0.4) is 0 Å². The number of hydrogen-bond donors (Lipinski definition) is 1. The van der Waals surface area contributed by atoms with E-state index in [9.17, 15) is 14.4 Å². The number of carbonyl (C=O) groups excluding carboxylic acids is 3. The van der Waals surface area contributed by atoms with Gasteiger partial charge in [0.05, 0.1) is 31.8 Å². The van der Waals surface area contributed by atoms with Gasteiger partial charge in [0.1, 0.15) is 35.7 Å². The van der Waals surface area contributed by atoms with Crippen LogP contribution >= 0.6 is 0 Å². The highest BCUT2D eigenvalue weighted by molar-refractivity contribution is 5.91. The Hall–Kier alpha value is -4.15. The monoisotopic (exact) mass is 662 g/mol. The van der Waals surface area contributed by atoms with Crippen LogP contribution in [0.2, 0.25) is 0 Å². The van der Waals surface area contributed by atoms with Crippen LogP contribution in [-0.4, -0.2) is 77.9 Å². The van der Waals surface area contributed by atoms with Gasteiger partial charge in [-0.15, -0.1) is 6.58 Å². The molecule has 0 radical (unpaired) electrons. The molecule has 0 unspecified atom stereocenters. The van der Waals surface area contributed by atoms with Gasteiger partial charge in [-0.2, -0.15) is 0 Å². The molecule has 48 heavy (non-hydrogen) atoms. The van der Waals surface area contributed by atoms with Crippen LogP contribution in [0.4, 0.5) is 4.79 Å². The zero-order chi connectivity index (χ0) is 34.7. The first-order chi connectivity index (χ1) is 22.9. The minimum Gasteiger partial charge on any atom is -0.497 e. The number of alkyl carbamates (subject to hydrolysis) is 1. The molecule has 2 aromatic rings. The molecule has 1 saturated heterocycles. The predicted molar refractivity (Wildman–Crippen MR) is 182 cm³/mol. The van der Waals surface area contributed by atoms with E-state index in [0.29, 0.717) is 40.2 Å². The fourth-order valence-corrected chi connectivity index (χ4v) is 7.85. The molecule has 0 spiro atoms. The first kappa shape index (κ1) is 35.2. The van der Waals surface area contributed by atoms with Crippen LogP contribution in [0.25, 0.3) is 17.1 Å². The van der Waals surface area contributed by atoms with Crippen LogP contribution in [0.15, 0.2) is 37.4 Å². The largest absolute Gasteiger partial charge is 0.497 e. The fraction of sp³-hybridized carbons (Fsp3) is 0.595. The number of unbranched alkanes of at least 4 members (excludes halogenated alkanes) is 1. The third-order valence-electron chi connectivity index (χ3n) is 10.4. The fourth-order valence-electron chi connectivity index (χ4n) is 7.85. The number of ether oxygens (including phenoxy) is 4. The van der Waals surface area contributed by atoms with E-state index in [4.69, 9.17) is 18.9 Å². The highest BCUT2D eigenvalue weighted by Gasteiger charge is 2.52. The Bertz CT molecular complexity index is 1540. The van der Waals surface area contributed by atoms with Crippen molar-refractivity contribution in [3.05, 3.63) is 43.1 Å². The molecule has 1 aliphatic heterocycles. The lowest BCUT2D eigenvalue weighted by Crippen LogP contribution is -2.57. The van der Waals surface area contributed by atoms with Crippen molar-refractivity contribution >= 4 is 35.1 Å². The van der Waals surface area contributed by atoms with Gasteiger partial charge < -0.3 is 29.2 Å². The number of nitrogens with zero attached hydrogens (tertiary/aromatic N) is 3. The number of fused-ring (bicyclic) bond motifs is 3. The Morgan fingerprint density at radius 2 is 1.85 bits per heavy atom. The highest BCUT2D eigenvalue weighted by Crippen LogP contribution is 2.51. The maximum absolute atomic E-state index is 14.4. The van der Waals surface area contributed by atoms with E-state index in [1.54, 1.807) is 31.4 Å². The Labute approximate surface area is 283 Å². The van der Waals surface area contributed by atoms with Crippen molar-refractivity contribution in [3.8, 4) is 11.6 Å². The minimum atomic E-state index is -0.974. The first-order valence-corrected chi connectivity index (χ1v) is 17.0. The van der Waals surface area contributed by atoms with E-state index in [2.05, 4.69) is 28.4 Å². The number of carbonyl (C=O) groups is 3. The van der Waals surface area contributed by atoms with Crippen LogP contribution in [0.1, 0.15) is 71.9 Å². The maximum Gasteiger partial charge on any atom is 0.408 e. The van der Waals surface area contributed by atoms with E-state index in [1.165, 1.54) is 18.4 Å². The van der Waals surface area contributed by atoms with Crippen LogP contribution in [0.5, 0.6) is 11.6 Å². The number of rotatable bonds is 12. The summed E-state index contributed by atoms with van der Waals surface area (Å²) in [5, 5.41) is 2.90. The van der Waals surface area contributed by atoms with Crippen molar-refractivity contribution in [2.45, 2.75) is 90.5 Å². The molecule has 2 saturated carbocycles. The minimum absolute atomic E-state index is 0.0647. The predicted octanol–water partition coefficient (Wildman–Crippen LogP) is 5.96. The van der Waals surface area contributed by atoms with E-state index >= 15 is 0 Å². The van der Waals surface area contributed by atoms with Crippen molar-refractivity contribution in [3.63, 3.8) is 0 Å². The van der Waals surface area contributed by atoms with Gasteiger partial charge in [-0.1, -0.05) is 40.3 Å². The zero-order valence-corrected chi connectivity index (χ0v) is 29.1. The molecule has 11 heteroatoms. The lowest BCUT2D eigenvalue weighted by Gasteiger charge is -2.36. The van der Waals surface area contributed by atoms with E-state index in [-0.39, 0.29) is 18.5 Å². The molecule has 1 aromatic carbocycles. The van der Waals surface area contributed by atoms with Gasteiger partial charge in [0.25, 0.3) is 0 Å². The summed E-state index contributed by atoms with van der Waals surface area (Å²) in [6.07, 6.45) is 8.32. The normalized spacial score (nSPS) is 27.0. The number of hydrogen-bond acceptors (Lipinski definition) is 9. The highest BCUT2D eigenvalue weighted by atomic mass is 16.6. The topological polar surface area (TPSA) is 129 Å². The molecular formula is C37H50N4O7. The lowest BCUT2D eigenvalue weighted by atomic mass is 9.83. The van der Waals surface area contributed by atoms with E-state index in [1.807, 2.05) is 33.8 Å². The summed E-state index contributed by atoms with van der Waals surface area (Å²) >= 11 is 0. The smallest absolute Gasteiger partial charge is 0.408 e. The molecule has 3 aliphatic rings. The summed E-state index contributed by atoms with van der Waals surface area (Å²) in [6.45, 7) is 15.2. The van der Waals surface area contributed by atoms with Gasteiger partial charge >= 0.3 is 12.1 Å². The standard InChI is InChI=1S/C37H50N4O7/c1-9-11-12-13-25-22-14-15-23(18-22)31(25)48-36(44)40-32(37(4,5)6)34(42)41-20-29(21(3)30(41)35(43)46-8)47-33-26(10-2)38-27-17-16-24(45-7)19-28(27)39-33/h9-10,16-17,19,21-23,25,29-32H,1-2,11-15,18,20H2,3-8H3,(H,40,44)/t21-,22+,23-,25+,29+,30+,31+,32-/m1/s1. The maximum atomic E-state index is 14.4. The van der Waals surface area contributed by atoms with Gasteiger partial charge in [-0.3, -0.25) is 4.79 Å². The van der Waals surface area contributed by atoms with Crippen LogP contribution < -0.4 is 14.8 Å². The number of esters is 1. The van der Waals surface area contributed by atoms with Gasteiger partial charge in [0.15, 0.2) is 0 Å². The molecule has 5 rings (SSSR count). The third kappa shape index (κ3) is 7.15. The molecule has 11 nitrogen and oxygen atoms in total. The second kappa shape index (κ2) is 14.5. The van der Waals surface area contributed by atoms with Crippen molar-refractivity contribution in [1.29, 1.82) is 0 Å². The number of allylic oxidation sites excluding steroid dienone is 1. The zero-order valence-electron chi connectivity index (χ0n) is 29.1. The molecule has 8 atom stereocenters. The molecule has 3 fully saturated rings. The molecular weight excluding hydrogens is 612 g/mol. The number of likely N-dealkylation sites (tertiary alicyclic amines) is 1. The van der Waals surface area contributed by atoms with Gasteiger partial charge in [0.2, 0.25) is 11.8 Å². The van der Waals surface area contributed by atoms with Crippen LogP contribution in [0, 0.1) is 29.1 Å². The number of amides is 2. The average Bonchev–Trinajstić information content (AvgIpc) is 3.76. The molecule has 1 aromatic heterocycles. The van der Waals surface area contributed by atoms with E-state index < -0.39 is 47.5 Å². The SMILES string of the molecule is C=CCCC[C@H]1[C@H]2CC[C@H](C2)[C@@H]1OC(=O)N[C@H](C(=O)N1C[C@H](Oc2nc3cc(OC)ccc3nc2C=C)[C@@H](C)[C@H]1C(=O)OC)C(C)(C)C. The summed E-state index contributed by atoms with van der Waals surface area (Å²) in [5.74, 6) is 0.619. The molecule has 2 amide bonds. The quantitative estimate of drug-likeness (QED) is 0.166. The van der Waals surface area contributed by atoms with Crippen molar-refractivity contribution in [2.24, 2.45) is 29.1 Å².